The zero-order valence-electron chi connectivity index (χ0n) is 6.48. The maximum absolute atomic E-state index is 11.2. The van der Waals surface area contributed by atoms with E-state index in [1.807, 2.05) is 4.90 Å². The lowest BCUT2D eigenvalue weighted by molar-refractivity contribution is 0.188. The second-order valence-electron chi connectivity index (χ2n) is 2.66. The predicted octanol–water partition coefficient (Wildman–Crippen LogP) is 1.57. The van der Waals surface area contributed by atoms with Crippen LogP contribution in [0.5, 0.6) is 0 Å². The van der Waals surface area contributed by atoms with Crippen LogP contribution >= 0.6 is 22.6 Å². The van der Waals surface area contributed by atoms with Crippen molar-refractivity contribution < 1.29 is 4.79 Å². The number of hydrogen-bond donors (Lipinski definition) is 1. The molecule has 0 aromatic carbocycles. The first kappa shape index (κ1) is 9.09. The smallest absolute Gasteiger partial charge is 0.318 e. The maximum atomic E-state index is 11.2. The van der Waals surface area contributed by atoms with Gasteiger partial charge < -0.3 is 10.2 Å². The van der Waals surface area contributed by atoms with Gasteiger partial charge in [0.15, 0.2) is 0 Å². The van der Waals surface area contributed by atoms with Gasteiger partial charge in [0, 0.05) is 13.1 Å². The number of alkyl halides is 1. The van der Waals surface area contributed by atoms with Crippen LogP contribution in [0.2, 0.25) is 0 Å². The molecule has 64 valence electrons. The molecule has 0 aromatic rings. The third kappa shape index (κ3) is 2.84. The number of urea groups is 1. The molecule has 0 bridgehead atoms. The standard InChI is InChI=1S/C7H13IN2O/c8-6-9-7(11)10-4-2-1-3-5-10/h1-6H2,(H,9,11). The summed E-state index contributed by atoms with van der Waals surface area (Å²) in [6.07, 6.45) is 3.59. The summed E-state index contributed by atoms with van der Waals surface area (Å²) in [5, 5.41) is 2.79. The number of nitrogens with one attached hydrogen (secondary N) is 1. The van der Waals surface area contributed by atoms with Gasteiger partial charge in [0.1, 0.15) is 0 Å². The zero-order valence-corrected chi connectivity index (χ0v) is 8.63. The average molecular weight is 268 g/mol. The van der Waals surface area contributed by atoms with E-state index in [4.69, 9.17) is 0 Å². The van der Waals surface area contributed by atoms with E-state index in [0.29, 0.717) is 4.55 Å². The molecule has 1 fully saturated rings. The van der Waals surface area contributed by atoms with Gasteiger partial charge in [-0.05, 0) is 19.3 Å². The van der Waals surface area contributed by atoms with E-state index in [1.54, 1.807) is 0 Å². The second-order valence-corrected chi connectivity index (χ2v) is 3.43. The van der Waals surface area contributed by atoms with Gasteiger partial charge >= 0.3 is 6.03 Å². The molecule has 4 heteroatoms. The highest BCUT2D eigenvalue weighted by Gasteiger charge is 2.14. The number of piperidine rings is 1. The highest BCUT2D eigenvalue weighted by Crippen LogP contribution is 2.08. The van der Waals surface area contributed by atoms with Crippen LogP contribution in [0.15, 0.2) is 0 Å². The van der Waals surface area contributed by atoms with Gasteiger partial charge in [0.05, 0.1) is 4.55 Å². The molecule has 3 nitrogen and oxygen atoms in total. The first-order valence-electron chi connectivity index (χ1n) is 3.93. The summed E-state index contributed by atoms with van der Waals surface area (Å²) in [5.41, 5.74) is 0. The van der Waals surface area contributed by atoms with Gasteiger partial charge in [0.2, 0.25) is 0 Å². The van der Waals surface area contributed by atoms with E-state index in [2.05, 4.69) is 27.9 Å². The van der Waals surface area contributed by atoms with E-state index < -0.39 is 0 Å². The molecule has 0 atom stereocenters. The summed E-state index contributed by atoms with van der Waals surface area (Å²) in [5.74, 6) is 0. The highest BCUT2D eigenvalue weighted by atomic mass is 127. The van der Waals surface area contributed by atoms with E-state index in [-0.39, 0.29) is 6.03 Å². The van der Waals surface area contributed by atoms with Crippen LogP contribution in [-0.4, -0.2) is 28.6 Å². The molecule has 0 unspecified atom stereocenters. The molecule has 0 spiro atoms. The predicted molar refractivity (Wildman–Crippen MR) is 52.8 cm³/mol. The molecule has 0 saturated carbocycles. The Morgan fingerprint density at radius 1 is 1.36 bits per heavy atom. The van der Waals surface area contributed by atoms with Gasteiger partial charge in [-0.1, -0.05) is 22.6 Å². The number of carbonyl (C=O) groups excluding carboxylic acids is 1. The average Bonchev–Trinajstić information content (AvgIpc) is 2.07. The Kier molecular flexibility index (Phi) is 3.96. The van der Waals surface area contributed by atoms with E-state index in [9.17, 15) is 4.79 Å². The molecule has 11 heavy (non-hydrogen) atoms. The minimum Gasteiger partial charge on any atom is -0.329 e. The van der Waals surface area contributed by atoms with Crippen molar-refractivity contribution in [3.8, 4) is 0 Å². The summed E-state index contributed by atoms with van der Waals surface area (Å²) in [7, 11) is 0. The lowest BCUT2D eigenvalue weighted by Gasteiger charge is -2.26. The van der Waals surface area contributed by atoms with Gasteiger partial charge in [-0.2, -0.15) is 0 Å². The Balaban J connectivity index is 2.27. The van der Waals surface area contributed by atoms with Crippen molar-refractivity contribution in [2.45, 2.75) is 19.3 Å². The Labute approximate surface area is 80.7 Å². The topological polar surface area (TPSA) is 32.3 Å². The Morgan fingerprint density at radius 2 is 2.00 bits per heavy atom. The molecular formula is C7H13IN2O. The molecular weight excluding hydrogens is 255 g/mol. The van der Waals surface area contributed by atoms with Crippen LogP contribution in [0.3, 0.4) is 0 Å². The van der Waals surface area contributed by atoms with Crippen LogP contribution < -0.4 is 5.32 Å². The first-order chi connectivity index (χ1) is 5.34. The number of carbonyl (C=O) groups is 1. The van der Waals surface area contributed by atoms with Crippen molar-refractivity contribution in [3.63, 3.8) is 0 Å². The fourth-order valence-electron chi connectivity index (χ4n) is 1.27. The van der Waals surface area contributed by atoms with Crippen LogP contribution in [0, 0.1) is 0 Å². The van der Waals surface area contributed by atoms with Crippen molar-refractivity contribution in [2.24, 2.45) is 0 Å². The lowest BCUT2D eigenvalue weighted by Crippen LogP contribution is -2.42. The molecule has 0 radical (unpaired) electrons. The monoisotopic (exact) mass is 268 g/mol. The van der Waals surface area contributed by atoms with E-state index in [1.165, 1.54) is 6.42 Å². The Hall–Kier alpha value is -0.0000000000000000555. The first-order valence-corrected chi connectivity index (χ1v) is 5.46. The highest BCUT2D eigenvalue weighted by molar-refractivity contribution is 14.1. The normalized spacial score (nSPS) is 18.1. The third-order valence-electron chi connectivity index (χ3n) is 1.86. The third-order valence-corrected chi connectivity index (χ3v) is 2.24. The summed E-state index contributed by atoms with van der Waals surface area (Å²) in [6, 6.07) is 0.0964. The molecule has 1 aliphatic heterocycles. The maximum Gasteiger partial charge on any atom is 0.318 e. The summed E-state index contributed by atoms with van der Waals surface area (Å²) < 4.78 is 0.701. The molecule has 0 aromatic heterocycles. The number of nitrogens with zero attached hydrogens (tertiary/aromatic N) is 1. The Bertz CT molecular complexity index is 134. The SMILES string of the molecule is O=C(NCI)N1CCCCC1. The molecule has 1 rings (SSSR count). The van der Waals surface area contributed by atoms with Gasteiger partial charge in [-0.3, -0.25) is 0 Å². The number of likely N-dealkylation sites (tertiary alicyclic amines) is 1. The second kappa shape index (κ2) is 4.79. The minimum atomic E-state index is 0.0964. The van der Waals surface area contributed by atoms with Crippen LogP contribution in [0.4, 0.5) is 4.79 Å². The number of amides is 2. The van der Waals surface area contributed by atoms with Crippen LogP contribution in [0.25, 0.3) is 0 Å². The molecule has 1 N–H and O–H groups in total. The van der Waals surface area contributed by atoms with Crippen molar-refractivity contribution in [2.75, 3.05) is 17.6 Å². The molecule has 1 aliphatic rings. The van der Waals surface area contributed by atoms with Crippen molar-refractivity contribution in [1.29, 1.82) is 0 Å². The molecule has 0 aliphatic carbocycles. The zero-order chi connectivity index (χ0) is 8.10. The fraction of sp³-hybridized carbons (Fsp3) is 0.857. The number of halogens is 1. The van der Waals surface area contributed by atoms with Gasteiger partial charge in [0.25, 0.3) is 0 Å². The largest absolute Gasteiger partial charge is 0.329 e. The van der Waals surface area contributed by atoms with E-state index >= 15 is 0 Å². The van der Waals surface area contributed by atoms with Crippen LogP contribution in [0.1, 0.15) is 19.3 Å². The quantitative estimate of drug-likeness (QED) is 0.437. The van der Waals surface area contributed by atoms with Gasteiger partial charge in [-0.15, -0.1) is 0 Å². The fourth-order valence-corrected chi connectivity index (χ4v) is 1.59. The molecule has 1 heterocycles. The summed E-state index contributed by atoms with van der Waals surface area (Å²) in [4.78, 5) is 13.1. The number of rotatable bonds is 1. The summed E-state index contributed by atoms with van der Waals surface area (Å²) >= 11 is 2.14. The van der Waals surface area contributed by atoms with Crippen molar-refractivity contribution >= 4 is 28.6 Å². The van der Waals surface area contributed by atoms with Crippen molar-refractivity contribution in [3.05, 3.63) is 0 Å². The number of hydrogen-bond acceptors (Lipinski definition) is 1. The van der Waals surface area contributed by atoms with Crippen LogP contribution in [-0.2, 0) is 0 Å². The van der Waals surface area contributed by atoms with E-state index in [0.717, 1.165) is 25.9 Å². The van der Waals surface area contributed by atoms with Crippen molar-refractivity contribution in [1.82, 2.24) is 10.2 Å². The van der Waals surface area contributed by atoms with Gasteiger partial charge in [-0.25, -0.2) is 4.79 Å². The minimum absolute atomic E-state index is 0.0964. The molecule has 2 amide bonds. The Morgan fingerprint density at radius 3 is 2.55 bits per heavy atom. The molecule has 1 saturated heterocycles. The lowest BCUT2D eigenvalue weighted by atomic mass is 10.1. The summed E-state index contributed by atoms with van der Waals surface area (Å²) in [6.45, 7) is 1.87.